The van der Waals surface area contributed by atoms with E-state index in [2.05, 4.69) is 13.8 Å². The van der Waals surface area contributed by atoms with Gasteiger partial charge in [-0.15, -0.1) is 0 Å². The molecule has 0 radical (unpaired) electrons. The van der Waals surface area contributed by atoms with Gasteiger partial charge in [-0.2, -0.15) is 0 Å². The van der Waals surface area contributed by atoms with Crippen LogP contribution in [0.15, 0.2) is 0 Å². The lowest BCUT2D eigenvalue weighted by atomic mass is 9.96. The molecule has 0 aromatic heterocycles. The molecule has 5 aliphatic heterocycles. The summed E-state index contributed by atoms with van der Waals surface area (Å²) in [5.74, 6) is -2.35. The predicted octanol–water partition coefficient (Wildman–Crippen LogP) is 5.70. The molecule has 6 N–H and O–H groups in total. The van der Waals surface area contributed by atoms with Crippen LogP contribution in [0, 0.1) is 5.92 Å². The third-order valence-corrected chi connectivity index (χ3v) is 15.6. The molecule has 5 saturated heterocycles. The number of fused-ring (bicyclic) bond motifs is 2. The van der Waals surface area contributed by atoms with Gasteiger partial charge in [0.05, 0.1) is 36.4 Å². The van der Waals surface area contributed by atoms with Crippen LogP contribution in [-0.4, -0.2) is 177 Å². The van der Waals surface area contributed by atoms with E-state index in [0.717, 1.165) is 109 Å². The van der Waals surface area contributed by atoms with Crippen molar-refractivity contribution >= 4 is 17.9 Å². The number of aliphatic hydroxyl groups is 6. The summed E-state index contributed by atoms with van der Waals surface area (Å²) in [7, 11) is 0. The topological polar surface area (TPSA) is 274 Å². The van der Waals surface area contributed by atoms with Crippen LogP contribution in [0.25, 0.3) is 0 Å². The molecule has 5 heterocycles. The average molecular weight is 1080 g/mol. The van der Waals surface area contributed by atoms with E-state index in [-0.39, 0.29) is 18.9 Å². The highest BCUT2D eigenvalue weighted by Crippen LogP contribution is 2.37. The zero-order valence-electron chi connectivity index (χ0n) is 46.2. The van der Waals surface area contributed by atoms with Crippen molar-refractivity contribution in [2.45, 2.75) is 326 Å². The van der Waals surface area contributed by atoms with Crippen molar-refractivity contribution < 1.29 is 97.1 Å². The maximum atomic E-state index is 13.6. The third-order valence-electron chi connectivity index (χ3n) is 15.6. The normalized spacial score (nSPS) is 40.2. The fourth-order valence-electron chi connectivity index (χ4n) is 10.5. The Bertz CT molecular complexity index is 1660. The minimum atomic E-state index is -1.75. The summed E-state index contributed by atoms with van der Waals surface area (Å²) in [5, 5.41) is 69.6. The quantitative estimate of drug-likeness (QED) is 0.0485. The fourth-order valence-corrected chi connectivity index (χ4v) is 10.5. The first-order valence-corrected chi connectivity index (χ1v) is 28.8. The first-order chi connectivity index (χ1) is 35.9. The lowest BCUT2D eigenvalue weighted by Gasteiger charge is -2.49. The molecule has 0 spiro atoms. The molecule has 20 nitrogen and oxygen atoms in total. The van der Waals surface area contributed by atoms with Gasteiger partial charge in [-0.05, 0) is 59.8 Å². The molecule has 436 valence electrons. The molecule has 75 heavy (non-hydrogen) atoms. The molecule has 5 aliphatic rings. The van der Waals surface area contributed by atoms with E-state index >= 15 is 0 Å². The van der Waals surface area contributed by atoms with Gasteiger partial charge in [0.2, 0.25) is 0 Å². The summed E-state index contributed by atoms with van der Waals surface area (Å²) >= 11 is 0. The average Bonchev–Trinajstić information content (AvgIpc) is 3.37. The Morgan fingerprint density at radius 2 is 1.09 bits per heavy atom. The molecule has 0 saturated carbocycles. The molecule has 5 fully saturated rings. The summed E-state index contributed by atoms with van der Waals surface area (Å²) in [6.45, 7) is 14.0. The van der Waals surface area contributed by atoms with E-state index in [1.165, 1.54) is 0 Å². The van der Waals surface area contributed by atoms with Crippen LogP contribution in [0.5, 0.6) is 0 Å². The Kier molecular flexibility index (Phi) is 27.3. The zero-order valence-corrected chi connectivity index (χ0v) is 46.2. The van der Waals surface area contributed by atoms with Crippen LogP contribution in [0.2, 0.25) is 0 Å². The molecular formula is C55H96O20. The molecule has 0 unspecified atom stereocenters. The molecule has 0 aromatic carbocycles. The lowest BCUT2D eigenvalue weighted by molar-refractivity contribution is -0.387. The highest BCUT2D eigenvalue weighted by Gasteiger charge is 2.56. The van der Waals surface area contributed by atoms with Crippen molar-refractivity contribution in [3.8, 4) is 0 Å². The minimum absolute atomic E-state index is 0.00667. The van der Waals surface area contributed by atoms with Crippen LogP contribution >= 0.6 is 0 Å². The number of aliphatic hydroxyl groups excluding tert-OH is 6. The standard InChI is InChI=1S/C55H96O20/c1-9-12-14-15-17-21-25-29-37(56)70-49-43(62)46(73-52-42(61)41(60)45(33(6)66-52)72-51(64)31(4)11-3)34(7)67-54(49)74-47-35(8)68-55-50(44(47)63)71-38(57)30-26-22-19-16-18-20-24-28-36(27-23-13-10-2)69-53-48(75-55)40(59)39(58)32(5)65-53/h31-36,39-50,52-55,58-63H,9-30H2,1-8H3/t31-,32+,33-,34-,35-,36-,39-,40-,41-,42+,43+,44+,45-,46-,47-,48+,49+,50+,52-,53-,54-,55-/m0/s1. The Morgan fingerprint density at radius 1 is 0.533 bits per heavy atom. The predicted molar refractivity (Wildman–Crippen MR) is 270 cm³/mol. The van der Waals surface area contributed by atoms with Crippen molar-refractivity contribution in [3.63, 3.8) is 0 Å². The van der Waals surface area contributed by atoms with Crippen molar-refractivity contribution in [2.24, 2.45) is 5.92 Å². The zero-order chi connectivity index (χ0) is 54.8. The van der Waals surface area contributed by atoms with Crippen molar-refractivity contribution in [2.75, 3.05) is 0 Å². The summed E-state index contributed by atoms with van der Waals surface area (Å²) in [4.78, 5) is 40.0. The smallest absolute Gasteiger partial charge is 0.309 e. The first kappa shape index (κ1) is 63.7. The molecule has 5 rings (SSSR count). The molecule has 22 atom stereocenters. The van der Waals surface area contributed by atoms with Gasteiger partial charge in [0.25, 0.3) is 0 Å². The summed E-state index contributed by atoms with van der Waals surface area (Å²) in [6, 6.07) is 0. The molecule has 0 bridgehead atoms. The number of rotatable bonds is 20. The van der Waals surface area contributed by atoms with Gasteiger partial charge < -0.3 is 82.7 Å². The van der Waals surface area contributed by atoms with E-state index < -0.39 is 147 Å². The lowest BCUT2D eigenvalue weighted by Crippen LogP contribution is -2.67. The Labute approximate surface area is 445 Å². The van der Waals surface area contributed by atoms with Crippen molar-refractivity contribution in [1.82, 2.24) is 0 Å². The van der Waals surface area contributed by atoms with E-state index in [4.69, 9.17) is 52.1 Å². The Balaban J connectivity index is 1.39. The number of carbonyl (C=O) groups excluding carboxylic acids is 3. The summed E-state index contributed by atoms with van der Waals surface area (Å²) in [5.41, 5.74) is 0. The number of unbranched alkanes of at least 4 members (excludes halogenated alkanes) is 8. The Hall–Kier alpha value is -2.15. The first-order valence-electron chi connectivity index (χ1n) is 28.8. The molecule has 0 amide bonds. The second-order valence-corrected chi connectivity index (χ2v) is 21.8. The van der Waals surface area contributed by atoms with E-state index in [1.54, 1.807) is 34.6 Å². The number of ether oxygens (including phenoxy) is 11. The molecule has 0 aliphatic carbocycles. The maximum Gasteiger partial charge on any atom is 0.309 e. The van der Waals surface area contributed by atoms with Gasteiger partial charge in [-0.1, -0.05) is 124 Å². The number of hydrogen-bond acceptors (Lipinski definition) is 20. The van der Waals surface area contributed by atoms with Gasteiger partial charge in [-0.3, -0.25) is 14.4 Å². The molecule has 0 aromatic rings. The van der Waals surface area contributed by atoms with Gasteiger partial charge in [0, 0.05) is 12.8 Å². The number of esters is 3. The van der Waals surface area contributed by atoms with E-state index in [9.17, 15) is 45.0 Å². The van der Waals surface area contributed by atoms with Crippen molar-refractivity contribution in [1.29, 1.82) is 0 Å². The Morgan fingerprint density at radius 3 is 1.79 bits per heavy atom. The minimum Gasteiger partial charge on any atom is -0.457 e. The monoisotopic (exact) mass is 1080 g/mol. The second-order valence-electron chi connectivity index (χ2n) is 21.8. The third kappa shape index (κ3) is 18.4. The second kappa shape index (κ2) is 32.2. The highest BCUT2D eigenvalue weighted by atomic mass is 16.8. The maximum absolute atomic E-state index is 13.6. The van der Waals surface area contributed by atoms with Gasteiger partial charge in [0.15, 0.2) is 43.5 Å². The fraction of sp³-hybridized carbons (Fsp3) is 0.945. The van der Waals surface area contributed by atoms with Crippen LogP contribution < -0.4 is 0 Å². The van der Waals surface area contributed by atoms with Gasteiger partial charge >= 0.3 is 17.9 Å². The van der Waals surface area contributed by atoms with Gasteiger partial charge in [-0.25, -0.2) is 0 Å². The van der Waals surface area contributed by atoms with Crippen molar-refractivity contribution in [3.05, 3.63) is 0 Å². The molecular weight excluding hydrogens is 981 g/mol. The molecule has 20 heteroatoms. The van der Waals surface area contributed by atoms with Crippen LogP contribution in [0.4, 0.5) is 0 Å². The van der Waals surface area contributed by atoms with E-state index in [1.807, 2.05) is 6.92 Å². The van der Waals surface area contributed by atoms with Crippen LogP contribution in [0.1, 0.15) is 197 Å². The van der Waals surface area contributed by atoms with Crippen LogP contribution in [0.3, 0.4) is 0 Å². The number of hydrogen-bond donors (Lipinski definition) is 6. The SMILES string of the molecule is CCCCCCCCCC(=O)O[C@H]1[C@H](O[C@@H]2[C@@H](O)[C@H]3OC(=O)CCCCCCCCC[C@H](CCCCC)O[C@@H]4O[C@H](C)[C@H](O)[C@H](O)[C@H]4O[C@@H]3O[C@H]2C)O[C@@H](C)[C@H](O[C@@H]2O[C@@H](C)[C@H](OC(=O)[C@@H](C)CC)[C@@H](O)[C@H]2O)[C@H]1O. The summed E-state index contributed by atoms with van der Waals surface area (Å²) < 4.78 is 68.1. The van der Waals surface area contributed by atoms with Crippen LogP contribution in [-0.2, 0) is 66.5 Å². The number of carbonyl (C=O) groups is 3. The summed E-state index contributed by atoms with van der Waals surface area (Å²) in [6.07, 6.45) is -10.6. The largest absolute Gasteiger partial charge is 0.457 e. The highest BCUT2D eigenvalue weighted by molar-refractivity contribution is 5.72. The van der Waals surface area contributed by atoms with E-state index in [0.29, 0.717) is 19.3 Å². The van der Waals surface area contributed by atoms with Gasteiger partial charge in [0.1, 0.15) is 54.9 Å².